The molecule has 0 saturated carbocycles. The molecule has 0 aliphatic heterocycles. The standard InChI is InChI=1S/C22H16N2O/c25-22(24-18-12-13-21-17(15-18)9-6-14-23-21)20-11-5-4-10-19(20)16-7-2-1-3-8-16/h1-15H,(H,24,25). The van der Waals surface area contributed by atoms with Gasteiger partial charge in [0.15, 0.2) is 0 Å². The number of pyridine rings is 1. The van der Waals surface area contributed by atoms with Crippen LogP contribution < -0.4 is 5.32 Å². The van der Waals surface area contributed by atoms with Crippen LogP contribution in [0.5, 0.6) is 0 Å². The average molecular weight is 324 g/mol. The predicted octanol–water partition coefficient (Wildman–Crippen LogP) is 5.15. The summed E-state index contributed by atoms with van der Waals surface area (Å²) in [4.78, 5) is 17.1. The van der Waals surface area contributed by atoms with Crippen molar-refractivity contribution in [3.63, 3.8) is 0 Å². The maximum absolute atomic E-state index is 12.8. The number of nitrogens with zero attached hydrogens (tertiary/aromatic N) is 1. The first-order valence-electron chi connectivity index (χ1n) is 8.12. The van der Waals surface area contributed by atoms with Gasteiger partial charge in [0.1, 0.15) is 0 Å². The first kappa shape index (κ1) is 15.1. The lowest BCUT2D eigenvalue weighted by Crippen LogP contribution is -2.13. The molecule has 0 radical (unpaired) electrons. The van der Waals surface area contributed by atoms with Crippen LogP contribution in [0, 0.1) is 0 Å². The van der Waals surface area contributed by atoms with Gasteiger partial charge in [0.2, 0.25) is 0 Å². The molecule has 0 aliphatic rings. The van der Waals surface area contributed by atoms with Crippen LogP contribution in [0.15, 0.2) is 91.1 Å². The average Bonchev–Trinajstić information content (AvgIpc) is 2.68. The Hall–Kier alpha value is -3.46. The van der Waals surface area contributed by atoms with Gasteiger partial charge in [-0.1, -0.05) is 54.6 Å². The lowest BCUT2D eigenvalue weighted by atomic mass is 9.99. The van der Waals surface area contributed by atoms with Gasteiger partial charge in [-0.05, 0) is 41.5 Å². The zero-order chi connectivity index (χ0) is 17.1. The highest BCUT2D eigenvalue weighted by molar-refractivity contribution is 6.09. The molecule has 0 bridgehead atoms. The van der Waals surface area contributed by atoms with Gasteiger partial charge >= 0.3 is 0 Å². The summed E-state index contributed by atoms with van der Waals surface area (Å²) in [5.41, 5.74) is 4.26. The van der Waals surface area contributed by atoms with Crippen molar-refractivity contribution < 1.29 is 4.79 Å². The molecule has 0 spiro atoms. The number of aromatic nitrogens is 1. The fraction of sp³-hybridized carbons (Fsp3) is 0. The molecule has 4 rings (SSSR count). The maximum atomic E-state index is 12.8. The van der Waals surface area contributed by atoms with Crippen LogP contribution in [0.25, 0.3) is 22.0 Å². The number of hydrogen-bond donors (Lipinski definition) is 1. The molecule has 1 heterocycles. The SMILES string of the molecule is O=C(Nc1ccc2ncccc2c1)c1ccccc1-c1ccccc1. The van der Waals surface area contributed by atoms with Crippen molar-refractivity contribution in [3.8, 4) is 11.1 Å². The van der Waals surface area contributed by atoms with E-state index < -0.39 is 0 Å². The van der Waals surface area contributed by atoms with E-state index in [9.17, 15) is 4.79 Å². The molecular weight excluding hydrogens is 308 g/mol. The van der Waals surface area contributed by atoms with Gasteiger partial charge in [0.25, 0.3) is 5.91 Å². The number of rotatable bonds is 3. The van der Waals surface area contributed by atoms with Gasteiger partial charge in [-0.15, -0.1) is 0 Å². The van der Waals surface area contributed by atoms with Crippen LogP contribution in [-0.2, 0) is 0 Å². The summed E-state index contributed by atoms with van der Waals surface area (Å²) in [7, 11) is 0. The largest absolute Gasteiger partial charge is 0.322 e. The Morgan fingerprint density at radius 1 is 0.800 bits per heavy atom. The van der Waals surface area contributed by atoms with Crippen LogP contribution in [0.1, 0.15) is 10.4 Å². The van der Waals surface area contributed by atoms with Crippen LogP contribution >= 0.6 is 0 Å². The van der Waals surface area contributed by atoms with Gasteiger partial charge in [-0.25, -0.2) is 0 Å². The summed E-state index contributed by atoms with van der Waals surface area (Å²) < 4.78 is 0. The van der Waals surface area contributed by atoms with Gasteiger partial charge in [-0.3, -0.25) is 9.78 Å². The van der Waals surface area contributed by atoms with E-state index in [2.05, 4.69) is 10.3 Å². The highest BCUT2D eigenvalue weighted by Crippen LogP contribution is 2.25. The molecule has 1 amide bonds. The summed E-state index contributed by atoms with van der Waals surface area (Å²) in [6, 6.07) is 27.2. The van der Waals surface area contributed by atoms with E-state index >= 15 is 0 Å². The van der Waals surface area contributed by atoms with Crippen LogP contribution in [0.4, 0.5) is 5.69 Å². The molecular formula is C22H16N2O. The molecule has 1 N–H and O–H groups in total. The molecule has 0 saturated heterocycles. The minimum absolute atomic E-state index is 0.123. The van der Waals surface area contributed by atoms with Gasteiger partial charge in [0, 0.05) is 22.8 Å². The van der Waals surface area contributed by atoms with E-state index in [0.29, 0.717) is 5.56 Å². The van der Waals surface area contributed by atoms with Crippen molar-refractivity contribution in [1.82, 2.24) is 4.98 Å². The highest BCUT2D eigenvalue weighted by Gasteiger charge is 2.12. The number of carbonyl (C=O) groups excluding carboxylic acids is 1. The van der Waals surface area contributed by atoms with Crippen molar-refractivity contribution in [2.45, 2.75) is 0 Å². The highest BCUT2D eigenvalue weighted by atomic mass is 16.1. The van der Waals surface area contributed by atoms with Gasteiger partial charge in [-0.2, -0.15) is 0 Å². The minimum atomic E-state index is -0.123. The quantitative estimate of drug-likeness (QED) is 0.566. The number of carbonyl (C=O) groups is 1. The Balaban J connectivity index is 1.67. The molecule has 3 heteroatoms. The van der Waals surface area contributed by atoms with Crippen LogP contribution in [0.3, 0.4) is 0 Å². The van der Waals surface area contributed by atoms with Crippen LogP contribution in [0.2, 0.25) is 0 Å². The number of amides is 1. The second-order valence-corrected chi connectivity index (χ2v) is 5.78. The monoisotopic (exact) mass is 324 g/mol. The third-order valence-corrected chi connectivity index (χ3v) is 4.12. The Labute approximate surface area is 146 Å². The number of hydrogen-bond acceptors (Lipinski definition) is 2. The summed E-state index contributed by atoms with van der Waals surface area (Å²) in [5, 5.41) is 3.99. The minimum Gasteiger partial charge on any atom is -0.322 e. The molecule has 0 unspecified atom stereocenters. The molecule has 3 aromatic carbocycles. The Kier molecular flexibility index (Phi) is 3.97. The molecule has 0 aliphatic carbocycles. The normalized spacial score (nSPS) is 10.6. The first-order valence-corrected chi connectivity index (χ1v) is 8.12. The molecule has 0 fully saturated rings. The topological polar surface area (TPSA) is 42.0 Å². The third-order valence-electron chi connectivity index (χ3n) is 4.12. The number of fused-ring (bicyclic) bond motifs is 1. The van der Waals surface area contributed by atoms with E-state index in [1.165, 1.54) is 0 Å². The third kappa shape index (κ3) is 3.12. The summed E-state index contributed by atoms with van der Waals surface area (Å²) >= 11 is 0. The Morgan fingerprint density at radius 2 is 1.60 bits per heavy atom. The summed E-state index contributed by atoms with van der Waals surface area (Å²) in [5.74, 6) is -0.123. The molecule has 3 nitrogen and oxygen atoms in total. The lowest BCUT2D eigenvalue weighted by Gasteiger charge is -2.11. The summed E-state index contributed by atoms with van der Waals surface area (Å²) in [6.45, 7) is 0. The fourth-order valence-electron chi connectivity index (χ4n) is 2.90. The van der Waals surface area contributed by atoms with Crippen molar-refractivity contribution in [2.75, 3.05) is 5.32 Å². The molecule has 1 aromatic heterocycles. The Bertz CT molecular complexity index is 1040. The summed E-state index contributed by atoms with van der Waals surface area (Å²) in [6.07, 6.45) is 1.76. The number of benzene rings is 3. The van der Waals surface area contributed by atoms with Gasteiger partial charge in [0.05, 0.1) is 5.52 Å². The maximum Gasteiger partial charge on any atom is 0.256 e. The predicted molar refractivity (Wildman–Crippen MR) is 102 cm³/mol. The van der Waals surface area contributed by atoms with E-state index in [0.717, 1.165) is 27.7 Å². The molecule has 120 valence electrons. The fourth-order valence-corrected chi connectivity index (χ4v) is 2.90. The van der Waals surface area contributed by atoms with Crippen molar-refractivity contribution >= 4 is 22.5 Å². The number of anilines is 1. The van der Waals surface area contributed by atoms with Crippen molar-refractivity contribution in [3.05, 3.63) is 96.7 Å². The van der Waals surface area contributed by atoms with Gasteiger partial charge < -0.3 is 5.32 Å². The molecule has 0 atom stereocenters. The van der Waals surface area contributed by atoms with Crippen LogP contribution in [-0.4, -0.2) is 10.9 Å². The van der Waals surface area contributed by atoms with E-state index in [-0.39, 0.29) is 5.91 Å². The number of nitrogens with one attached hydrogen (secondary N) is 1. The first-order chi connectivity index (χ1) is 12.3. The second-order valence-electron chi connectivity index (χ2n) is 5.78. The Morgan fingerprint density at radius 3 is 2.48 bits per heavy atom. The van der Waals surface area contributed by atoms with E-state index in [1.807, 2.05) is 84.9 Å². The van der Waals surface area contributed by atoms with E-state index in [1.54, 1.807) is 6.20 Å². The lowest BCUT2D eigenvalue weighted by molar-refractivity contribution is 0.102. The van der Waals surface area contributed by atoms with E-state index in [4.69, 9.17) is 0 Å². The van der Waals surface area contributed by atoms with Crippen molar-refractivity contribution in [1.29, 1.82) is 0 Å². The smallest absolute Gasteiger partial charge is 0.256 e. The molecule has 25 heavy (non-hydrogen) atoms. The zero-order valence-corrected chi connectivity index (χ0v) is 13.5. The second kappa shape index (κ2) is 6.57. The van der Waals surface area contributed by atoms with Crippen molar-refractivity contribution in [2.24, 2.45) is 0 Å². The zero-order valence-electron chi connectivity index (χ0n) is 13.5. The molecule has 4 aromatic rings.